The summed E-state index contributed by atoms with van der Waals surface area (Å²) >= 11 is 5.90. The molecule has 1 aliphatic heterocycles. The van der Waals surface area contributed by atoms with E-state index in [1.165, 1.54) is 0 Å². The highest BCUT2D eigenvalue weighted by molar-refractivity contribution is 6.28. The third-order valence-corrected chi connectivity index (χ3v) is 5.75. The standard InChI is InChI=1S/C15H17ClN4O3/c16-13-17-7-11-12(19-13)20(14(21)18-11)10-3-8-5-15(6-9(8)4-10)22-1-2-23-15/h7-10H,1-6H2,(H,18,21)/t8-,9+,10?. The lowest BCUT2D eigenvalue weighted by atomic mass is 10.0. The summed E-state index contributed by atoms with van der Waals surface area (Å²) in [5, 5.41) is 0.162. The monoisotopic (exact) mass is 336 g/mol. The molecule has 0 bridgehead atoms. The quantitative estimate of drug-likeness (QED) is 0.804. The summed E-state index contributed by atoms with van der Waals surface area (Å²) in [5.41, 5.74) is 1.10. The minimum atomic E-state index is -0.350. The van der Waals surface area contributed by atoms with Crippen LogP contribution in [0.3, 0.4) is 0 Å². The number of aromatic amines is 1. The van der Waals surface area contributed by atoms with E-state index in [2.05, 4.69) is 15.0 Å². The fourth-order valence-corrected chi connectivity index (χ4v) is 4.87. The molecule has 5 rings (SSSR count). The van der Waals surface area contributed by atoms with Crippen LogP contribution in [0, 0.1) is 11.8 Å². The van der Waals surface area contributed by atoms with Gasteiger partial charge in [0.15, 0.2) is 11.4 Å². The van der Waals surface area contributed by atoms with Crippen molar-refractivity contribution in [1.29, 1.82) is 0 Å². The largest absolute Gasteiger partial charge is 0.348 e. The second-order valence-corrected chi connectivity index (χ2v) is 7.18. The average molecular weight is 337 g/mol. The molecular weight excluding hydrogens is 320 g/mol. The molecular formula is C15H17ClN4O3. The van der Waals surface area contributed by atoms with Crippen LogP contribution in [-0.2, 0) is 9.47 Å². The van der Waals surface area contributed by atoms with Crippen LogP contribution in [0.1, 0.15) is 31.7 Å². The molecule has 1 saturated heterocycles. The van der Waals surface area contributed by atoms with Crippen LogP contribution in [-0.4, -0.2) is 38.5 Å². The summed E-state index contributed by atoms with van der Waals surface area (Å²) in [5.74, 6) is 0.719. The molecule has 3 fully saturated rings. The summed E-state index contributed by atoms with van der Waals surface area (Å²) in [7, 11) is 0. The molecule has 1 spiro atoms. The van der Waals surface area contributed by atoms with Gasteiger partial charge >= 0.3 is 5.69 Å². The van der Waals surface area contributed by atoms with Gasteiger partial charge < -0.3 is 14.5 Å². The van der Waals surface area contributed by atoms with Crippen molar-refractivity contribution in [1.82, 2.24) is 19.5 Å². The maximum absolute atomic E-state index is 12.4. The van der Waals surface area contributed by atoms with Gasteiger partial charge in [-0.2, -0.15) is 4.98 Å². The number of hydrogen-bond acceptors (Lipinski definition) is 5. The number of fused-ring (bicyclic) bond motifs is 2. The van der Waals surface area contributed by atoms with E-state index in [1.807, 2.05) is 0 Å². The minimum Gasteiger partial charge on any atom is -0.348 e. The predicted molar refractivity (Wildman–Crippen MR) is 82.3 cm³/mol. The first-order chi connectivity index (χ1) is 11.1. The van der Waals surface area contributed by atoms with E-state index in [9.17, 15) is 4.79 Å². The van der Waals surface area contributed by atoms with Gasteiger partial charge in [0, 0.05) is 18.9 Å². The molecule has 2 aromatic rings. The molecule has 8 heteroatoms. The second kappa shape index (κ2) is 4.78. The highest BCUT2D eigenvalue weighted by Crippen LogP contribution is 2.54. The van der Waals surface area contributed by atoms with Gasteiger partial charge in [0.05, 0.1) is 19.4 Å². The van der Waals surface area contributed by atoms with Crippen molar-refractivity contribution in [3.05, 3.63) is 22.0 Å². The Kier molecular flexibility index (Phi) is 2.90. The number of aromatic nitrogens is 4. The van der Waals surface area contributed by atoms with Gasteiger partial charge in [-0.3, -0.25) is 4.57 Å². The zero-order valence-corrected chi connectivity index (χ0v) is 13.3. The lowest BCUT2D eigenvalue weighted by Crippen LogP contribution is -2.28. The highest BCUT2D eigenvalue weighted by Gasteiger charge is 2.53. The molecule has 3 aliphatic rings. The molecule has 0 radical (unpaired) electrons. The van der Waals surface area contributed by atoms with Crippen molar-refractivity contribution in [2.24, 2.45) is 11.8 Å². The van der Waals surface area contributed by atoms with Gasteiger partial charge in [-0.1, -0.05) is 0 Å². The van der Waals surface area contributed by atoms with Gasteiger partial charge in [0.2, 0.25) is 5.28 Å². The molecule has 1 N–H and O–H groups in total. The van der Waals surface area contributed by atoms with Crippen molar-refractivity contribution in [2.45, 2.75) is 37.5 Å². The number of imidazole rings is 1. The molecule has 2 aromatic heterocycles. The normalized spacial score (nSPS) is 32.1. The number of ether oxygens (including phenoxy) is 2. The molecule has 2 aliphatic carbocycles. The molecule has 1 unspecified atom stereocenters. The Balaban J connectivity index is 1.46. The van der Waals surface area contributed by atoms with Gasteiger partial charge in [-0.05, 0) is 36.3 Å². The van der Waals surface area contributed by atoms with E-state index in [1.54, 1.807) is 10.8 Å². The van der Waals surface area contributed by atoms with E-state index in [-0.39, 0.29) is 22.8 Å². The van der Waals surface area contributed by atoms with Gasteiger partial charge in [-0.15, -0.1) is 0 Å². The van der Waals surface area contributed by atoms with Crippen molar-refractivity contribution >= 4 is 22.8 Å². The third kappa shape index (κ3) is 2.07. The third-order valence-electron chi connectivity index (χ3n) is 5.57. The summed E-state index contributed by atoms with van der Waals surface area (Å²) in [6.45, 7) is 1.39. The molecule has 122 valence electrons. The van der Waals surface area contributed by atoms with Crippen molar-refractivity contribution < 1.29 is 9.47 Å². The first-order valence-corrected chi connectivity index (χ1v) is 8.42. The maximum atomic E-state index is 12.4. The van der Waals surface area contributed by atoms with Crippen molar-refractivity contribution in [3.63, 3.8) is 0 Å². The molecule has 0 aromatic carbocycles. The topological polar surface area (TPSA) is 82.0 Å². The Bertz CT molecular complexity index is 810. The van der Waals surface area contributed by atoms with Crippen LogP contribution in [0.2, 0.25) is 5.28 Å². The van der Waals surface area contributed by atoms with Crippen LogP contribution >= 0.6 is 11.6 Å². The Labute approximate surface area is 137 Å². The molecule has 3 atom stereocenters. The Morgan fingerprint density at radius 3 is 2.65 bits per heavy atom. The number of halogens is 1. The molecule has 23 heavy (non-hydrogen) atoms. The smallest absolute Gasteiger partial charge is 0.327 e. The number of H-pyrrole nitrogens is 1. The second-order valence-electron chi connectivity index (χ2n) is 6.84. The molecule has 0 amide bonds. The van der Waals surface area contributed by atoms with Crippen LogP contribution in [0.15, 0.2) is 11.0 Å². The van der Waals surface area contributed by atoms with Crippen LogP contribution in [0.5, 0.6) is 0 Å². The van der Waals surface area contributed by atoms with Gasteiger partial charge in [0.25, 0.3) is 0 Å². The van der Waals surface area contributed by atoms with Crippen LogP contribution in [0.4, 0.5) is 0 Å². The Morgan fingerprint density at radius 1 is 1.26 bits per heavy atom. The molecule has 3 heterocycles. The number of rotatable bonds is 1. The fourth-order valence-electron chi connectivity index (χ4n) is 4.74. The fraction of sp³-hybridized carbons (Fsp3) is 0.667. The number of nitrogens with one attached hydrogen (secondary N) is 1. The van der Waals surface area contributed by atoms with Crippen molar-refractivity contribution in [2.75, 3.05) is 13.2 Å². The van der Waals surface area contributed by atoms with Gasteiger partial charge in [-0.25, -0.2) is 9.78 Å². The molecule has 7 nitrogen and oxygen atoms in total. The minimum absolute atomic E-state index is 0.135. The number of nitrogens with zero attached hydrogens (tertiary/aromatic N) is 3. The van der Waals surface area contributed by atoms with Crippen molar-refractivity contribution in [3.8, 4) is 0 Å². The van der Waals surface area contributed by atoms with Crippen LogP contribution in [0.25, 0.3) is 11.2 Å². The van der Waals surface area contributed by atoms with E-state index >= 15 is 0 Å². The Hall–Kier alpha value is -1.44. The molecule has 2 saturated carbocycles. The zero-order chi connectivity index (χ0) is 15.6. The number of hydrogen-bond donors (Lipinski definition) is 1. The van der Waals surface area contributed by atoms with E-state index in [0.717, 1.165) is 25.7 Å². The zero-order valence-electron chi connectivity index (χ0n) is 12.5. The summed E-state index contributed by atoms with van der Waals surface area (Å²) in [4.78, 5) is 23.3. The lowest BCUT2D eigenvalue weighted by molar-refractivity contribution is -0.155. The predicted octanol–water partition coefficient (Wildman–Crippen LogP) is 1.88. The average Bonchev–Trinajstić information content (AvgIpc) is 3.22. The summed E-state index contributed by atoms with van der Waals surface area (Å²) < 4.78 is 13.4. The van der Waals surface area contributed by atoms with Crippen LogP contribution < -0.4 is 5.69 Å². The lowest BCUT2D eigenvalue weighted by Gasteiger charge is -2.23. The highest BCUT2D eigenvalue weighted by atomic mass is 35.5. The first kappa shape index (κ1) is 13.9. The van der Waals surface area contributed by atoms with E-state index in [4.69, 9.17) is 21.1 Å². The summed E-state index contributed by atoms with van der Waals surface area (Å²) in [6, 6.07) is 0.149. The summed E-state index contributed by atoms with van der Waals surface area (Å²) in [6.07, 6.45) is 5.33. The van der Waals surface area contributed by atoms with E-state index < -0.39 is 0 Å². The first-order valence-electron chi connectivity index (χ1n) is 8.04. The Morgan fingerprint density at radius 2 is 1.96 bits per heavy atom. The van der Waals surface area contributed by atoms with Gasteiger partial charge in [0.1, 0.15) is 5.52 Å². The SMILES string of the molecule is O=c1[nH]c2cnc(Cl)nc2n1C1C[C@@H]2CC3(C[C@@H]2C1)OCCO3. The van der Waals surface area contributed by atoms with E-state index in [0.29, 0.717) is 36.2 Å². The maximum Gasteiger partial charge on any atom is 0.327 e.